The van der Waals surface area contributed by atoms with Gasteiger partial charge in [-0.15, -0.1) is 0 Å². The molecule has 6 nitrogen and oxygen atoms in total. The summed E-state index contributed by atoms with van der Waals surface area (Å²) in [6, 6.07) is 4.62. The van der Waals surface area contributed by atoms with Gasteiger partial charge in [-0.2, -0.15) is 0 Å². The highest BCUT2D eigenvalue weighted by molar-refractivity contribution is 7.98. The Labute approximate surface area is 153 Å². The molecule has 2 aromatic rings. The first-order valence-electron chi connectivity index (χ1n) is 6.43. The molecule has 0 saturated carbocycles. The van der Waals surface area contributed by atoms with Gasteiger partial charge in [0, 0.05) is 23.8 Å². The monoisotopic (exact) mass is 406 g/mol. The molecule has 1 aromatic heterocycles. The molecular weight excluding hydrogens is 395 g/mol. The van der Waals surface area contributed by atoms with Gasteiger partial charge in [0.15, 0.2) is 20.7 Å². The van der Waals surface area contributed by atoms with Crippen molar-refractivity contribution >= 4 is 50.8 Å². The summed E-state index contributed by atoms with van der Waals surface area (Å²) in [7, 11) is -3.77. The molecule has 0 radical (unpaired) electrons. The molecule has 0 aliphatic carbocycles. The van der Waals surface area contributed by atoms with E-state index in [1.807, 2.05) is 0 Å². The van der Waals surface area contributed by atoms with Crippen LogP contribution in [-0.2, 0) is 14.6 Å². The van der Waals surface area contributed by atoms with Crippen LogP contribution in [0.15, 0.2) is 28.4 Å². The van der Waals surface area contributed by atoms with Gasteiger partial charge in [0.1, 0.15) is 5.69 Å². The maximum Gasteiger partial charge on any atom is 0.308 e. The van der Waals surface area contributed by atoms with Gasteiger partial charge in [0.25, 0.3) is 0 Å². The smallest absolute Gasteiger partial charge is 0.308 e. The van der Waals surface area contributed by atoms with E-state index in [4.69, 9.17) is 27.9 Å². The number of halogens is 2. The van der Waals surface area contributed by atoms with Crippen LogP contribution in [0, 0.1) is 0 Å². The summed E-state index contributed by atoms with van der Waals surface area (Å²) < 4.78 is 29.3. The number of aromatic nitrogens is 2. The van der Waals surface area contributed by atoms with Gasteiger partial charge in [-0.1, -0.05) is 35.0 Å². The van der Waals surface area contributed by atoms with Crippen molar-refractivity contribution in [2.45, 2.75) is 17.1 Å². The van der Waals surface area contributed by atoms with Gasteiger partial charge < -0.3 is 4.74 Å². The third-order valence-electron chi connectivity index (χ3n) is 2.78. The standard InChI is InChI=1S/C14H12Cl2N2O4S2/c1-7(19)22-12-11(9-5-4-8(15)6-10(9)16)17-14(23-2)18-13(12)24(3,20)21/h4-6H,1-3H3. The summed E-state index contributed by atoms with van der Waals surface area (Å²) in [6.07, 6.45) is 2.67. The van der Waals surface area contributed by atoms with Crippen molar-refractivity contribution in [2.75, 3.05) is 12.5 Å². The number of thioether (sulfide) groups is 1. The quantitative estimate of drug-likeness (QED) is 0.332. The Balaban J connectivity index is 2.88. The lowest BCUT2D eigenvalue weighted by Gasteiger charge is -2.14. The molecule has 128 valence electrons. The van der Waals surface area contributed by atoms with E-state index in [2.05, 4.69) is 9.97 Å². The van der Waals surface area contributed by atoms with E-state index in [9.17, 15) is 13.2 Å². The van der Waals surface area contributed by atoms with Gasteiger partial charge in [-0.25, -0.2) is 18.4 Å². The predicted molar refractivity (Wildman–Crippen MR) is 93.7 cm³/mol. The van der Waals surface area contributed by atoms with Crippen LogP contribution < -0.4 is 4.74 Å². The third-order valence-corrected chi connectivity index (χ3v) is 4.85. The first kappa shape index (κ1) is 19.0. The van der Waals surface area contributed by atoms with Gasteiger partial charge in [0.2, 0.25) is 5.03 Å². The third kappa shape index (κ3) is 4.18. The van der Waals surface area contributed by atoms with Crippen molar-refractivity contribution in [1.29, 1.82) is 0 Å². The van der Waals surface area contributed by atoms with E-state index < -0.39 is 15.8 Å². The lowest BCUT2D eigenvalue weighted by Crippen LogP contribution is -2.12. The van der Waals surface area contributed by atoms with Gasteiger partial charge in [-0.05, 0) is 24.5 Å². The van der Waals surface area contributed by atoms with E-state index in [1.54, 1.807) is 18.4 Å². The highest BCUT2D eigenvalue weighted by Crippen LogP contribution is 2.39. The van der Waals surface area contributed by atoms with Crippen LogP contribution in [0.4, 0.5) is 0 Å². The van der Waals surface area contributed by atoms with E-state index >= 15 is 0 Å². The topological polar surface area (TPSA) is 86.2 Å². The van der Waals surface area contributed by atoms with Crippen LogP contribution in [0.25, 0.3) is 11.3 Å². The molecule has 2 rings (SSSR count). The van der Waals surface area contributed by atoms with Crippen molar-refractivity contribution in [3.05, 3.63) is 28.2 Å². The normalized spacial score (nSPS) is 11.4. The van der Waals surface area contributed by atoms with Crippen LogP contribution in [-0.4, -0.2) is 36.9 Å². The van der Waals surface area contributed by atoms with Crippen molar-refractivity contribution in [1.82, 2.24) is 9.97 Å². The number of hydrogen-bond acceptors (Lipinski definition) is 7. The Morgan fingerprint density at radius 1 is 1.25 bits per heavy atom. The van der Waals surface area contributed by atoms with Crippen molar-refractivity contribution in [2.24, 2.45) is 0 Å². The second-order valence-electron chi connectivity index (χ2n) is 4.68. The van der Waals surface area contributed by atoms with Crippen LogP contribution in [0.2, 0.25) is 10.0 Å². The van der Waals surface area contributed by atoms with E-state index in [0.717, 1.165) is 24.9 Å². The van der Waals surface area contributed by atoms with Crippen molar-refractivity contribution < 1.29 is 17.9 Å². The molecule has 0 unspecified atom stereocenters. The lowest BCUT2D eigenvalue weighted by molar-refractivity contribution is -0.132. The highest BCUT2D eigenvalue weighted by atomic mass is 35.5. The Morgan fingerprint density at radius 2 is 1.92 bits per heavy atom. The predicted octanol–water partition coefficient (Wildman–Crippen LogP) is 3.50. The second-order valence-corrected chi connectivity index (χ2v) is 8.23. The Kier molecular flexibility index (Phi) is 5.74. The maximum atomic E-state index is 12.1. The van der Waals surface area contributed by atoms with Gasteiger partial charge >= 0.3 is 5.97 Å². The molecule has 0 saturated heterocycles. The highest BCUT2D eigenvalue weighted by Gasteiger charge is 2.26. The van der Waals surface area contributed by atoms with Crippen LogP contribution in [0.3, 0.4) is 0 Å². The fourth-order valence-corrected chi connectivity index (χ4v) is 3.50. The number of rotatable bonds is 4. The number of carbonyl (C=O) groups excluding carboxylic acids is 1. The van der Waals surface area contributed by atoms with Crippen molar-refractivity contribution in [3.63, 3.8) is 0 Å². The number of sulfone groups is 1. The zero-order valence-corrected chi connectivity index (χ0v) is 16.0. The second kappa shape index (κ2) is 7.26. The summed E-state index contributed by atoms with van der Waals surface area (Å²) in [5.74, 6) is -0.959. The average Bonchev–Trinajstić information content (AvgIpc) is 2.46. The van der Waals surface area contributed by atoms with Gasteiger partial charge in [-0.3, -0.25) is 4.79 Å². The Bertz CT molecular complexity index is 917. The van der Waals surface area contributed by atoms with E-state index in [0.29, 0.717) is 10.6 Å². The number of carbonyl (C=O) groups is 1. The summed E-state index contributed by atoms with van der Waals surface area (Å²) in [4.78, 5) is 19.7. The molecule has 24 heavy (non-hydrogen) atoms. The first-order valence-corrected chi connectivity index (χ1v) is 10.3. The fourth-order valence-electron chi connectivity index (χ4n) is 1.85. The minimum absolute atomic E-state index is 0.103. The minimum Gasteiger partial charge on any atom is -0.421 e. The van der Waals surface area contributed by atoms with Crippen LogP contribution in [0.5, 0.6) is 5.75 Å². The average molecular weight is 407 g/mol. The van der Waals surface area contributed by atoms with Crippen molar-refractivity contribution in [3.8, 4) is 17.0 Å². The number of ether oxygens (including phenoxy) is 1. The molecule has 0 bridgehead atoms. The summed E-state index contributed by atoms with van der Waals surface area (Å²) >= 11 is 13.2. The first-order chi connectivity index (χ1) is 11.1. The number of hydrogen-bond donors (Lipinski definition) is 0. The van der Waals surface area contributed by atoms with Gasteiger partial charge in [0.05, 0.1) is 5.02 Å². The summed E-state index contributed by atoms with van der Waals surface area (Å²) in [5, 5.41) is 0.465. The molecule has 0 aliphatic rings. The molecule has 0 amide bonds. The molecule has 0 fully saturated rings. The largest absolute Gasteiger partial charge is 0.421 e. The zero-order chi connectivity index (χ0) is 18.1. The SMILES string of the molecule is CSc1nc(-c2ccc(Cl)cc2Cl)c(OC(C)=O)c(S(C)(=O)=O)n1. The van der Waals surface area contributed by atoms with Crippen LogP contribution >= 0.6 is 35.0 Å². The van der Waals surface area contributed by atoms with E-state index in [-0.39, 0.29) is 26.6 Å². The van der Waals surface area contributed by atoms with E-state index in [1.165, 1.54) is 6.07 Å². The molecule has 0 N–H and O–H groups in total. The maximum absolute atomic E-state index is 12.1. The molecule has 0 spiro atoms. The zero-order valence-electron chi connectivity index (χ0n) is 12.8. The number of benzene rings is 1. The minimum atomic E-state index is -3.77. The molecule has 10 heteroatoms. The number of nitrogens with zero attached hydrogens (tertiary/aromatic N) is 2. The molecule has 0 aliphatic heterocycles. The summed E-state index contributed by atoms with van der Waals surface area (Å²) in [5.41, 5.74) is 0.478. The summed E-state index contributed by atoms with van der Waals surface area (Å²) in [6.45, 7) is 1.15. The van der Waals surface area contributed by atoms with Crippen LogP contribution in [0.1, 0.15) is 6.92 Å². The molecule has 1 aromatic carbocycles. The lowest BCUT2D eigenvalue weighted by atomic mass is 10.1. The Morgan fingerprint density at radius 3 is 2.42 bits per heavy atom. The molecule has 1 heterocycles. The molecule has 0 atom stereocenters. The fraction of sp³-hybridized carbons (Fsp3) is 0.214. The Hall–Kier alpha value is -1.35. The number of esters is 1. The molecular formula is C14H12Cl2N2O4S2.